The molecule has 0 radical (unpaired) electrons. The summed E-state index contributed by atoms with van der Waals surface area (Å²) >= 11 is 0. The Bertz CT molecular complexity index is 433. The molecule has 4 nitrogen and oxygen atoms in total. The number of hydrogen-bond acceptors (Lipinski definition) is 3. The minimum atomic E-state index is -0.247. The monoisotopic (exact) mass is 277 g/mol. The van der Waals surface area contributed by atoms with Crippen LogP contribution >= 0.6 is 0 Å². The van der Waals surface area contributed by atoms with Gasteiger partial charge in [0.25, 0.3) is 0 Å². The van der Waals surface area contributed by atoms with E-state index < -0.39 is 0 Å². The van der Waals surface area contributed by atoms with Crippen LogP contribution in [0.1, 0.15) is 31.7 Å². The van der Waals surface area contributed by atoms with Gasteiger partial charge in [-0.3, -0.25) is 4.90 Å². The standard InChI is InChI=1S/C16H23NO3/c1-2-3-11-19-12-6-13-20-16(18)17-10-9-14-7-4-5-8-15(14)17/h4-5,7-8H,2-3,6,9-13H2,1H3. The summed E-state index contributed by atoms with van der Waals surface area (Å²) in [5.41, 5.74) is 2.20. The summed E-state index contributed by atoms with van der Waals surface area (Å²) in [6.45, 7) is 4.72. The van der Waals surface area contributed by atoms with E-state index >= 15 is 0 Å². The predicted molar refractivity (Wildman–Crippen MR) is 79.2 cm³/mol. The van der Waals surface area contributed by atoms with Crippen LogP contribution in [-0.2, 0) is 15.9 Å². The fraction of sp³-hybridized carbons (Fsp3) is 0.562. The summed E-state index contributed by atoms with van der Waals surface area (Å²) in [6, 6.07) is 7.98. The molecule has 1 aliphatic rings. The van der Waals surface area contributed by atoms with Crippen molar-refractivity contribution in [2.24, 2.45) is 0 Å². The van der Waals surface area contributed by atoms with Crippen LogP contribution < -0.4 is 4.90 Å². The third kappa shape index (κ3) is 3.97. The first kappa shape index (κ1) is 14.9. The van der Waals surface area contributed by atoms with Gasteiger partial charge in [0.2, 0.25) is 0 Å². The second-order valence-corrected chi connectivity index (χ2v) is 4.96. The summed E-state index contributed by atoms with van der Waals surface area (Å²) in [5.74, 6) is 0. The Labute approximate surface area is 120 Å². The molecule has 1 heterocycles. The normalized spacial score (nSPS) is 13.3. The van der Waals surface area contributed by atoms with Gasteiger partial charge in [-0.1, -0.05) is 31.5 Å². The molecule has 0 aromatic heterocycles. The van der Waals surface area contributed by atoms with Crippen LogP contribution in [0.25, 0.3) is 0 Å². The number of carbonyl (C=O) groups is 1. The summed E-state index contributed by atoms with van der Waals surface area (Å²) in [6.07, 6.45) is 3.65. The molecular weight excluding hydrogens is 254 g/mol. The molecule has 0 saturated heterocycles. The van der Waals surface area contributed by atoms with Gasteiger partial charge in [-0.15, -0.1) is 0 Å². The van der Waals surface area contributed by atoms with E-state index in [1.165, 1.54) is 5.56 Å². The lowest BCUT2D eigenvalue weighted by Gasteiger charge is -2.16. The van der Waals surface area contributed by atoms with Gasteiger partial charge in [-0.25, -0.2) is 4.79 Å². The molecule has 4 heteroatoms. The van der Waals surface area contributed by atoms with Crippen molar-refractivity contribution in [1.29, 1.82) is 0 Å². The first-order valence-electron chi connectivity index (χ1n) is 7.43. The third-order valence-corrected chi connectivity index (χ3v) is 3.41. The van der Waals surface area contributed by atoms with E-state index in [4.69, 9.17) is 9.47 Å². The molecule has 0 aliphatic carbocycles. The van der Waals surface area contributed by atoms with Gasteiger partial charge in [-0.2, -0.15) is 0 Å². The van der Waals surface area contributed by atoms with Crippen molar-refractivity contribution >= 4 is 11.8 Å². The number of fused-ring (bicyclic) bond motifs is 1. The number of para-hydroxylation sites is 1. The highest BCUT2D eigenvalue weighted by atomic mass is 16.6. The van der Waals surface area contributed by atoms with Crippen LogP contribution in [0, 0.1) is 0 Å². The van der Waals surface area contributed by atoms with Gasteiger partial charge < -0.3 is 9.47 Å². The smallest absolute Gasteiger partial charge is 0.414 e. The molecule has 0 unspecified atom stereocenters. The van der Waals surface area contributed by atoms with Gasteiger partial charge in [-0.05, 0) is 24.5 Å². The second kappa shape index (κ2) is 7.90. The van der Waals surface area contributed by atoms with E-state index in [-0.39, 0.29) is 6.09 Å². The van der Waals surface area contributed by atoms with Crippen LogP contribution in [0.3, 0.4) is 0 Å². The highest BCUT2D eigenvalue weighted by Crippen LogP contribution is 2.27. The zero-order chi connectivity index (χ0) is 14.2. The average molecular weight is 277 g/mol. The lowest BCUT2D eigenvalue weighted by atomic mass is 10.2. The quantitative estimate of drug-likeness (QED) is 0.717. The number of hydrogen-bond donors (Lipinski definition) is 0. The van der Waals surface area contributed by atoms with E-state index in [2.05, 4.69) is 13.0 Å². The molecule has 20 heavy (non-hydrogen) atoms. The van der Waals surface area contributed by atoms with Crippen molar-refractivity contribution in [3.8, 4) is 0 Å². The van der Waals surface area contributed by atoms with E-state index in [1.807, 2.05) is 18.2 Å². The molecule has 1 aliphatic heterocycles. The average Bonchev–Trinajstić information content (AvgIpc) is 2.90. The summed E-state index contributed by atoms with van der Waals surface area (Å²) in [4.78, 5) is 13.7. The van der Waals surface area contributed by atoms with E-state index in [0.717, 1.165) is 38.0 Å². The topological polar surface area (TPSA) is 38.8 Å². The molecular formula is C16H23NO3. The second-order valence-electron chi connectivity index (χ2n) is 4.96. The Morgan fingerprint density at radius 2 is 2.00 bits per heavy atom. The Hall–Kier alpha value is -1.55. The van der Waals surface area contributed by atoms with Gasteiger partial charge in [0.1, 0.15) is 0 Å². The molecule has 0 N–H and O–H groups in total. The van der Waals surface area contributed by atoms with Crippen LogP contribution in [-0.4, -0.2) is 32.5 Å². The highest BCUT2D eigenvalue weighted by Gasteiger charge is 2.24. The summed E-state index contributed by atoms with van der Waals surface area (Å²) < 4.78 is 10.7. The number of unbranched alkanes of at least 4 members (excludes halogenated alkanes) is 1. The fourth-order valence-electron chi connectivity index (χ4n) is 2.27. The van der Waals surface area contributed by atoms with E-state index in [0.29, 0.717) is 19.8 Å². The van der Waals surface area contributed by atoms with Crippen molar-refractivity contribution in [3.05, 3.63) is 29.8 Å². The number of nitrogens with zero attached hydrogens (tertiary/aromatic N) is 1. The van der Waals surface area contributed by atoms with E-state index in [9.17, 15) is 4.79 Å². The number of benzene rings is 1. The largest absolute Gasteiger partial charge is 0.449 e. The van der Waals surface area contributed by atoms with Crippen molar-refractivity contribution < 1.29 is 14.3 Å². The molecule has 1 aromatic carbocycles. The maximum absolute atomic E-state index is 12.0. The van der Waals surface area contributed by atoms with Gasteiger partial charge in [0.05, 0.1) is 12.3 Å². The molecule has 0 saturated carbocycles. The number of rotatable bonds is 7. The molecule has 2 rings (SSSR count). The van der Waals surface area contributed by atoms with Crippen LogP contribution in [0.15, 0.2) is 24.3 Å². The number of ether oxygens (including phenoxy) is 2. The Morgan fingerprint density at radius 1 is 1.20 bits per heavy atom. The van der Waals surface area contributed by atoms with E-state index in [1.54, 1.807) is 4.90 Å². The predicted octanol–water partition coefficient (Wildman–Crippen LogP) is 3.39. The van der Waals surface area contributed by atoms with Crippen molar-refractivity contribution in [2.75, 3.05) is 31.3 Å². The van der Waals surface area contributed by atoms with Crippen LogP contribution in [0.5, 0.6) is 0 Å². The van der Waals surface area contributed by atoms with Crippen LogP contribution in [0.2, 0.25) is 0 Å². The first-order chi connectivity index (χ1) is 9.83. The molecule has 0 fully saturated rings. The summed E-state index contributed by atoms with van der Waals surface area (Å²) in [5, 5.41) is 0. The number of anilines is 1. The van der Waals surface area contributed by atoms with Gasteiger partial charge in [0.15, 0.2) is 0 Å². The Kier molecular flexibility index (Phi) is 5.87. The molecule has 1 aromatic rings. The Balaban J connectivity index is 1.66. The third-order valence-electron chi connectivity index (χ3n) is 3.41. The van der Waals surface area contributed by atoms with Gasteiger partial charge >= 0.3 is 6.09 Å². The zero-order valence-corrected chi connectivity index (χ0v) is 12.1. The number of carbonyl (C=O) groups excluding carboxylic acids is 1. The van der Waals surface area contributed by atoms with Crippen molar-refractivity contribution in [1.82, 2.24) is 0 Å². The highest BCUT2D eigenvalue weighted by molar-refractivity contribution is 5.90. The van der Waals surface area contributed by atoms with Gasteiger partial charge in [0, 0.05) is 26.2 Å². The molecule has 0 atom stereocenters. The minimum Gasteiger partial charge on any atom is -0.449 e. The van der Waals surface area contributed by atoms with Crippen LogP contribution in [0.4, 0.5) is 10.5 Å². The minimum absolute atomic E-state index is 0.247. The lowest BCUT2D eigenvalue weighted by molar-refractivity contribution is 0.102. The fourth-order valence-corrected chi connectivity index (χ4v) is 2.27. The van der Waals surface area contributed by atoms with Crippen molar-refractivity contribution in [2.45, 2.75) is 32.6 Å². The summed E-state index contributed by atoms with van der Waals surface area (Å²) in [7, 11) is 0. The maximum atomic E-state index is 12.0. The molecule has 110 valence electrons. The molecule has 1 amide bonds. The molecule has 0 bridgehead atoms. The van der Waals surface area contributed by atoms with Crippen molar-refractivity contribution in [3.63, 3.8) is 0 Å². The molecule has 0 spiro atoms. The zero-order valence-electron chi connectivity index (χ0n) is 12.1. The number of amides is 1. The first-order valence-corrected chi connectivity index (χ1v) is 7.43. The Morgan fingerprint density at radius 3 is 2.85 bits per heavy atom. The lowest BCUT2D eigenvalue weighted by Crippen LogP contribution is -2.30. The maximum Gasteiger partial charge on any atom is 0.414 e. The SMILES string of the molecule is CCCCOCCCOC(=O)N1CCc2ccccc21.